The fourth-order valence-corrected chi connectivity index (χ4v) is 8.00. The summed E-state index contributed by atoms with van der Waals surface area (Å²) in [6, 6.07) is 21.5. The molecule has 0 amide bonds. The second-order valence-electron chi connectivity index (χ2n) is 12.3. The van der Waals surface area contributed by atoms with Crippen LogP contribution in [0.3, 0.4) is 0 Å². The quantitative estimate of drug-likeness (QED) is 0.331. The lowest BCUT2D eigenvalue weighted by Gasteiger charge is -2.41. The second-order valence-corrected chi connectivity index (χ2v) is 16.1. The Morgan fingerprint density at radius 2 is 1.44 bits per heavy atom. The van der Waals surface area contributed by atoms with Crippen molar-refractivity contribution in [2.75, 3.05) is 0 Å². The minimum atomic E-state index is -2.17. The van der Waals surface area contributed by atoms with Crippen molar-refractivity contribution in [1.82, 2.24) is 0 Å². The Morgan fingerprint density at radius 3 is 2.00 bits per heavy atom. The summed E-state index contributed by atoms with van der Waals surface area (Å²) < 4.78 is 20.4. The first-order valence-electron chi connectivity index (χ1n) is 13.8. The van der Waals surface area contributed by atoms with Crippen molar-refractivity contribution in [3.63, 3.8) is 0 Å². The van der Waals surface area contributed by atoms with Crippen LogP contribution in [0.5, 0.6) is 0 Å². The number of hydrogen-bond donors (Lipinski definition) is 0. The van der Waals surface area contributed by atoms with Crippen LogP contribution < -0.4 is 5.19 Å². The summed E-state index contributed by atoms with van der Waals surface area (Å²) in [6.07, 6.45) is 7.14. The van der Waals surface area contributed by atoms with Crippen molar-refractivity contribution < 1.29 is 13.7 Å². The van der Waals surface area contributed by atoms with Gasteiger partial charge in [-0.15, -0.1) is 0 Å². The molecule has 1 saturated carbocycles. The average molecular weight is 505 g/mol. The van der Waals surface area contributed by atoms with Gasteiger partial charge in [0.05, 0.1) is 17.3 Å². The predicted molar refractivity (Wildman–Crippen MR) is 155 cm³/mol. The molecule has 2 aromatic rings. The Labute approximate surface area is 220 Å². The molecule has 2 aliphatic rings. The van der Waals surface area contributed by atoms with Crippen molar-refractivity contribution in [2.24, 2.45) is 11.8 Å². The maximum Gasteiger partial charge on any atom is 0.458 e. The zero-order valence-corrected chi connectivity index (χ0v) is 24.3. The molecule has 194 valence electrons. The van der Waals surface area contributed by atoms with Gasteiger partial charge in [-0.3, -0.25) is 0 Å². The van der Waals surface area contributed by atoms with E-state index in [0.717, 1.165) is 11.9 Å². The molecule has 0 aromatic heterocycles. The van der Waals surface area contributed by atoms with Crippen LogP contribution in [0.2, 0.25) is 19.4 Å². The molecule has 0 spiro atoms. The summed E-state index contributed by atoms with van der Waals surface area (Å²) in [6.45, 7) is 17.9. The maximum atomic E-state index is 7.35. The fraction of sp³-hybridized carbons (Fsp3) is 0.548. The van der Waals surface area contributed by atoms with E-state index in [1.165, 1.54) is 42.9 Å². The van der Waals surface area contributed by atoms with E-state index in [1.807, 2.05) is 0 Å². The summed E-state index contributed by atoms with van der Waals surface area (Å²) in [5, 5.41) is 1.34. The van der Waals surface area contributed by atoms with Crippen LogP contribution in [-0.4, -0.2) is 32.7 Å². The van der Waals surface area contributed by atoms with Gasteiger partial charge in [-0.1, -0.05) is 86.5 Å². The molecule has 1 saturated heterocycles. The van der Waals surface area contributed by atoms with Crippen LogP contribution in [0.4, 0.5) is 0 Å². The summed E-state index contributed by atoms with van der Waals surface area (Å²) >= 11 is 0. The molecule has 3 nitrogen and oxygen atoms in total. The molecule has 2 atom stereocenters. The molecule has 2 aromatic carbocycles. The minimum absolute atomic E-state index is 0.0823. The van der Waals surface area contributed by atoms with E-state index >= 15 is 0 Å². The number of rotatable bonds is 9. The lowest BCUT2D eigenvalue weighted by atomic mass is 9.67. The summed E-state index contributed by atoms with van der Waals surface area (Å²) in [7, 11) is -2.45. The summed E-state index contributed by atoms with van der Waals surface area (Å²) in [5.74, 6) is 0.628. The summed E-state index contributed by atoms with van der Waals surface area (Å²) in [4.78, 5) is 0. The molecule has 1 heterocycles. The molecule has 0 N–H and O–H groups in total. The van der Waals surface area contributed by atoms with E-state index < -0.39 is 8.32 Å². The van der Waals surface area contributed by atoms with Gasteiger partial charge in [-0.2, -0.15) is 0 Å². The van der Waals surface area contributed by atoms with E-state index in [-0.39, 0.29) is 30.3 Å². The van der Waals surface area contributed by atoms with Crippen molar-refractivity contribution in [3.8, 4) is 0 Å². The van der Waals surface area contributed by atoms with Crippen molar-refractivity contribution in [1.29, 1.82) is 0 Å². The number of hydrogen-bond acceptors (Lipinski definition) is 3. The van der Waals surface area contributed by atoms with Crippen LogP contribution >= 0.6 is 0 Å². The van der Waals surface area contributed by atoms with E-state index in [2.05, 4.69) is 108 Å². The highest BCUT2D eigenvalue weighted by atomic mass is 28.4. The van der Waals surface area contributed by atoms with Crippen molar-refractivity contribution in [3.05, 3.63) is 72.8 Å². The Morgan fingerprint density at radius 1 is 0.917 bits per heavy atom. The monoisotopic (exact) mass is 504 g/mol. The van der Waals surface area contributed by atoms with E-state index in [0.29, 0.717) is 5.92 Å². The zero-order valence-electron chi connectivity index (χ0n) is 23.3. The summed E-state index contributed by atoms with van der Waals surface area (Å²) in [5.41, 5.74) is 1.62. The third-order valence-corrected chi connectivity index (χ3v) is 11.3. The van der Waals surface area contributed by atoms with Crippen molar-refractivity contribution >= 4 is 26.2 Å². The average Bonchev–Trinajstić information content (AvgIpc) is 3.08. The van der Waals surface area contributed by atoms with Crippen molar-refractivity contribution in [2.45, 2.75) is 96.5 Å². The molecule has 1 aliphatic carbocycles. The Balaban J connectivity index is 1.70. The first kappa shape index (κ1) is 27.4. The third kappa shape index (κ3) is 6.07. The normalized spacial score (nSPS) is 21.8. The molecule has 5 heteroatoms. The van der Waals surface area contributed by atoms with Crippen LogP contribution in [0.25, 0.3) is 5.57 Å². The first-order valence-corrected chi connectivity index (χ1v) is 16.7. The lowest BCUT2D eigenvalue weighted by molar-refractivity contribution is 0.00578. The molecule has 2 fully saturated rings. The molecule has 0 bridgehead atoms. The van der Waals surface area contributed by atoms with Gasteiger partial charge >= 0.3 is 7.12 Å². The maximum absolute atomic E-state index is 7.35. The van der Waals surface area contributed by atoms with Gasteiger partial charge in [-0.05, 0) is 82.2 Å². The zero-order chi connectivity index (χ0) is 26.0. The van der Waals surface area contributed by atoms with Gasteiger partial charge in [0, 0.05) is 5.92 Å². The Hall–Kier alpha value is -1.66. The van der Waals surface area contributed by atoms with Crippen LogP contribution in [0, 0.1) is 11.8 Å². The van der Waals surface area contributed by atoms with Crippen LogP contribution in [-0.2, 0) is 13.7 Å². The molecular formula is C31H45BO3Si. The Bertz CT molecular complexity index is 983. The van der Waals surface area contributed by atoms with Crippen LogP contribution in [0.15, 0.2) is 67.2 Å². The third-order valence-electron chi connectivity index (χ3n) is 8.75. The standard InChI is InChI=1S/C31H45BO3Si/c1-24(25-17-11-8-12-18-25)28(23-32-34-30(2,3)31(4,5)35-32)29(26-19-13-9-14-20-26)33-36(6,7)27-21-15-10-16-22-27/h8,10-12,15-18,21-22,26,28-29H,1,9,13-14,19-20,23H2,2-7H3/t28-,29-/m1/s1. The molecule has 0 unspecified atom stereocenters. The molecule has 4 rings (SSSR count). The van der Waals surface area contributed by atoms with E-state index in [9.17, 15) is 0 Å². The van der Waals surface area contributed by atoms with Gasteiger partial charge in [0.25, 0.3) is 0 Å². The first-order chi connectivity index (χ1) is 17.0. The second kappa shape index (κ2) is 11.0. The Kier molecular flexibility index (Phi) is 8.36. The SMILES string of the molecule is C=C(c1ccccc1)[C@@H](CB1OC(C)(C)C(C)(C)O1)[C@H](O[Si](C)(C)c1ccccc1)C1CCCCC1. The fourth-order valence-electron chi connectivity index (χ4n) is 5.83. The minimum Gasteiger partial charge on any atom is -0.409 e. The van der Waals surface area contributed by atoms with Crippen LogP contribution in [0.1, 0.15) is 65.4 Å². The molecule has 0 radical (unpaired) electrons. The van der Waals surface area contributed by atoms with Gasteiger partial charge < -0.3 is 13.7 Å². The van der Waals surface area contributed by atoms with E-state index in [1.54, 1.807) is 0 Å². The lowest BCUT2D eigenvalue weighted by Crippen LogP contribution is -2.51. The van der Waals surface area contributed by atoms with Gasteiger partial charge in [0.2, 0.25) is 8.32 Å². The largest absolute Gasteiger partial charge is 0.458 e. The molecule has 36 heavy (non-hydrogen) atoms. The van der Waals surface area contributed by atoms with E-state index in [4.69, 9.17) is 13.7 Å². The highest BCUT2D eigenvalue weighted by molar-refractivity contribution is 6.84. The highest BCUT2D eigenvalue weighted by Gasteiger charge is 2.52. The topological polar surface area (TPSA) is 27.7 Å². The van der Waals surface area contributed by atoms with Gasteiger partial charge in [0.15, 0.2) is 0 Å². The smallest absolute Gasteiger partial charge is 0.409 e. The predicted octanol–water partition coefficient (Wildman–Crippen LogP) is 7.49. The molecule has 1 aliphatic heterocycles. The number of benzene rings is 2. The van der Waals surface area contributed by atoms with Gasteiger partial charge in [-0.25, -0.2) is 0 Å². The molecular weight excluding hydrogens is 459 g/mol. The highest BCUT2D eigenvalue weighted by Crippen LogP contribution is 2.44. The van der Waals surface area contributed by atoms with Gasteiger partial charge in [0.1, 0.15) is 0 Å².